The zero-order chi connectivity index (χ0) is 7.68. The van der Waals surface area contributed by atoms with Gasteiger partial charge in [0.2, 0.25) is 5.91 Å². The second-order valence-corrected chi connectivity index (χ2v) is 2.69. The average Bonchev–Trinajstić information content (AvgIpc) is 2.40. The summed E-state index contributed by atoms with van der Waals surface area (Å²) in [5.74, 6) is 0.190. The van der Waals surface area contributed by atoms with Gasteiger partial charge in [-0.05, 0) is 12.1 Å². The molecular weight excluding hydrogens is 140 g/mol. The van der Waals surface area contributed by atoms with E-state index in [2.05, 4.69) is 5.32 Å². The van der Waals surface area contributed by atoms with Crippen LogP contribution in [0.25, 0.3) is 0 Å². The quantitative estimate of drug-likeness (QED) is 0.588. The van der Waals surface area contributed by atoms with Crippen LogP contribution in [0.15, 0.2) is 18.3 Å². The molecule has 0 radical (unpaired) electrons. The van der Waals surface area contributed by atoms with Crippen LogP contribution in [-0.2, 0) is 6.54 Å². The molecule has 3 heteroatoms. The van der Waals surface area contributed by atoms with E-state index in [1.54, 1.807) is 4.57 Å². The van der Waals surface area contributed by atoms with Crippen molar-refractivity contribution < 1.29 is 4.79 Å². The topological polar surface area (TPSA) is 34.0 Å². The van der Waals surface area contributed by atoms with Crippen molar-refractivity contribution in [3.8, 4) is 0 Å². The maximum atomic E-state index is 11.3. The van der Waals surface area contributed by atoms with Gasteiger partial charge in [-0.25, -0.2) is 0 Å². The molecule has 1 aliphatic rings. The highest BCUT2D eigenvalue weighted by Crippen LogP contribution is 2.05. The number of fused-ring (bicyclic) bond motifs is 1. The average molecular weight is 150 g/mol. The summed E-state index contributed by atoms with van der Waals surface area (Å²) in [4.78, 5) is 11.3. The number of hydrogen-bond donors (Lipinski definition) is 1. The summed E-state index contributed by atoms with van der Waals surface area (Å²) >= 11 is 0. The van der Waals surface area contributed by atoms with Gasteiger partial charge in [0.1, 0.15) is 0 Å². The van der Waals surface area contributed by atoms with E-state index in [9.17, 15) is 4.79 Å². The van der Waals surface area contributed by atoms with Crippen molar-refractivity contribution in [3.63, 3.8) is 0 Å². The molecule has 3 nitrogen and oxygen atoms in total. The van der Waals surface area contributed by atoms with Gasteiger partial charge in [-0.3, -0.25) is 9.36 Å². The van der Waals surface area contributed by atoms with Gasteiger partial charge in [-0.1, -0.05) is 0 Å². The Labute approximate surface area is 65.0 Å². The molecule has 0 aliphatic carbocycles. The highest BCUT2D eigenvalue weighted by atomic mass is 16.2. The molecule has 0 saturated carbocycles. The Morgan fingerprint density at radius 3 is 3.36 bits per heavy atom. The molecule has 2 rings (SSSR count). The second kappa shape index (κ2) is 2.51. The highest BCUT2D eigenvalue weighted by Gasteiger charge is 2.11. The number of carbonyl (C=O) groups is 1. The third-order valence-electron chi connectivity index (χ3n) is 1.92. The smallest absolute Gasteiger partial charge is 0.232 e. The Balaban J connectivity index is 2.41. The number of hydrogen-bond acceptors (Lipinski definition) is 2. The molecule has 0 atom stereocenters. The lowest BCUT2D eigenvalue weighted by Gasteiger charge is -1.99. The molecule has 11 heavy (non-hydrogen) atoms. The summed E-state index contributed by atoms with van der Waals surface area (Å²) in [6.45, 7) is 1.60. The van der Waals surface area contributed by atoms with E-state index in [0.29, 0.717) is 6.42 Å². The molecule has 1 aromatic heterocycles. The molecular formula is C8H10N2O. The van der Waals surface area contributed by atoms with E-state index in [0.717, 1.165) is 18.8 Å². The maximum absolute atomic E-state index is 11.3. The first-order valence-electron chi connectivity index (χ1n) is 3.78. The lowest BCUT2D eigenvalue weighted by atomic mass is 10.4. The molecule has 0 unspecified atom stereocenters. The Bertz CT molecular complexity index is 277. The van der Waals surface area contributed by atoms with Crippen molar-refractivity contribution >= 4 is 5.91 Å². The molecule has 0 spiro atoms. The summed E-state index contributed by atoms with van der Waals surface area (Å²) in [5, 5.41) is 3.18. The number of nitrogens with zero attached hydrogens (tertiary/aromatic N) is 1. The van der Waals surface area contributed by atoms with Crippen LogP contribution < -0.4 is 5.32 Å². The van der Waals surface area contributed by atoms with Gasteiger partial charge in [0.15, 0.2) is 0 Å². The van der Waals surface area contributed by atoms with Gasteiger partial charge in [0, 0.05) is 31.4 Å². The highest BCUT2D eigenvalue weighted by molar-refractivity contribution is 5.80. The zero-order valence-electron chi connectivity index (χ0n) is 6.21. The standard InChI is InChI=1S/C8H10N2O/c11-8-3-4-9-6-7-2-1-5-10(7)8/h1-2,5,9H,3-4,6H2. The summed E-state index contributed by atoms with van der Waals surface area (Å²) in [7, 11) is 0. The zero-order valence-corrected chi connectivity index (χ0v) is 6.21. The Morgan fingerprint density at radius 2 is 2.45 bits per heavy atom. The summed E-state index contributed by atoms with van der Waals surface area (Å²) < 4.78 is 1.72. The molecule has 0 bridgehead atoms. The molecule has 1 aromatic rings. The van der Waals surface area contributed by atoms with E-state index >= 15 is 0 Å². The van der Waals surface area contributed by atoms with Gasteiger partial charge in [-0.15, -0.1) is 0 Å². The van der Waals surface area contributed by atoms with Crippen molar-refractivity contribution in [2.75, 3.05) is 6.54 Å². The molecule has 0 aromatic carbocycles. The largest absolute Gasteiger partial charge is 0.311 e. The Kier molecular flexibility index (Phi) is 1.51. The van der Waals surface area contributed by atoms with Crippen molar-refractivity contribution in [2.45, 2.75) is 13.0 Å². The molecule has 2 heterocycles. The van der Waals surface area contributed by atoms with E-state index in [1.807, 2.05) is 18.3 Å². The Morgan fingerprint density at radius 1 is 1.55 bits per heavy atom. The fourth-order valence-corrected chi connectivity index (χ4v) is 1.34. The van der Waals surface area contributed by atoms with E-state index in [4.69, 9.17) is 0 Å². The lowest BCUT2D eigenvalue weighted by molar-refractivity contribution is 0.0907. The first-order valence-corrected chi connectivity index (χ1v) is 3.78. The van der Waals surface area contributed by atoms with Crippen LogP contribution in [0.1, 0.15) is 16.9 Å². The van der Waals surface area contributed by atoms with Crippen molar-refractivity contribution in [1.82, 2.24) is 9.88 Å². The van der Waals surface area contributed by atoms with Gasteiger partial charge >= 0.3 is 0 Å². The number of carbonyl (C=O) groups excluding carboxylic acids is 1. The molecule has 0 amide bonds. The van der Waals surface area contributed by atoms with Gasteiger partial charge in [0.25, 0.3) is 0 Å². The van der Waals surface area contributed by atoms with Crippen LogP contribution in [0, 0.1) is 0 Å². The second-order valence-electron chi connectivity index (χ2n) is 2.69. The van der Waals surface area contributed by atoms with Gasteiger partial charge in [-0.2, -0.15) is 0 Å². The van der Waals surface area contributed by atoms with Crippen molar-refractivity contribution in [3.05, 3.63) is 24.0 Å². The third kappa shape index (κ3) is 1.07. The molecule has 1 N–H and O–H groups in total. The minimum atomic E-state index is 0.190. The van der Waals surface area contributed by atoms with Crippen LogP contribution >= 0.6 is 0 Å². The van der Waals surface area contributed by atoms with E-state index < -0.39 is 0 Å². The third-order valence-corrected chi connectivity index (χ3v) is 1.92. The van der Waals surface area contributed by atoms with Crippen LogP contribution in [0.4, 0.5) is 0 Å². The minimum absolute atomic E-state index is 0.190. The lowest BCUT2D eigenvalue weighted by Crippen LogP contribution is -2.12. The van der Waals surface area contributed by atoms with E-state index in [1.165, 1.54) is 0 Å². The predicted molar refractivity (Wildman–Crippen MR) is 41.4 cm³/mol. The van der Waals surface area contributed by atoms with E-state index in [-0.39, 0.29) is 5.91 Å². The molecule has 0 saturated heterocycles. The SMILES string of the molecule is O=C1CCNCc2cccn21. The number of nitrogens with one attached hydrogen (secondary N) is 1. The van der Waals surface area contributed by atoms with Crippen LogP contribution in [-0.4, -0.2) is 17.0 Å². The summed E-state index contributed by atoms with van der Waals surface area (Å²) in [6, 6.07) is 3.87. The normalized spacial score (nSPS) is 17.6. The fraction of sp³-hybridized carbons (Fsp3) is 0.375. The predicted octanol–water partition coefficient (Wildman–Crippen LogP) is 0.622. The number of aromatic nitrogens is 1. The van der Waals surface area contributed by atoms with Crippen LogP contribution in [0.2, 0.25) is 0 Å². The van der Waals surface area contributed by atoms with Crippen molar-refractivity contribution in [1.29, 1.82) is 0 Å². The summed E-state index contributed by atoms with van der Waals surface area (Å²) in [6.07, 6.45) is 2.42. The van der Waals surface area contributed by atoms with Crippen LogP contribution in [0.5, 0.6) is 0 Å². The monoisotopic (exact) mass is 150 g/mol. The Hall–Kier alpha value is -1.09. The minimum Gasteiger partial charge on any atom is -0.311 e. The van der Waals surface area contributed by atoms with Gasteiger partial charge in [0.05, 0.1) is 0 Å². The first kappa shape index (κ1) is 6.61. The fourth-order valence-electron chi connectivity index (χ4n) is 1.34. The molecule has 0 fully saturated rings. The number of rotatable bonds is 0. The maximum Gasteiger partial charge on any atom is 0.232 e. The van der Waals surface area contributed by atoms with Crippen LogP contribution in [0.3, 0.4) is 0 Å². The van der Waals surface area contributed by atoms with Gasteiger partial charge < -0.3 is 5.32 Å². The molecule has 1 aliphatic heterocycles. The first-order chi connectivity index (χ1) is 5.38. The summed E-state index contributed by atoms with van der Waals surface area (Å²) in [5.41, 5.74) is 1.06. The molecule has 58 valence electrons. The van der Waals surface area contributed by atoms with Crippen molar-refractivity contribution in [2.24, 2.45) is 0 Å².